The number of carbonyl (C=O) groups excluding carboxylic acids is 2. The van der Waals surface area contributed by atoms with Crippen molar-refractivity contribution < 1.29 is 9.59 Å². The van der Waals surface area contributed by atoms with Crippen LogP contribution in [0.3, 0.4) is 0 Å². The minimum atomic E-state index is -0.436. The summed E-state index contributed by atoms with van der Waals surface area (Å²) in [6, 6.07) is 15.0. The molecule has 4 rings (SSSR count). The van der Waals surface area contributed by atoms with Crippen molar-refractivity contribution in [1.82, 2.24) is 19.3 Å². The summed E-state index contributed by atoms with van der Waals surface area (Å²) >= 11 is 0. The molecular formula is C22H17N5O4. The van der Waals surface area contributed by atoms with Crippen LogP contribution in [-0.4, -0.2) is 31.0 Å². The third-order valence-electron chi connectivity index (χ3n) is 4.62. The van der Waals surface area contributed by atoms with Crippen LogP contribution < -0.4 is 16.4 Å². The van der Waals surface area contributed by atoms with E-state index >= 15 is 0 Å². The van der Waals surface area contributed by atoms with Crippen molar-refractivity contribution in [2.24, 2.45) is 7.05 Å². The number of ketones is 1. The highest BCUT2D eigenvalue weighted by molar-refractivity contribution is 6.07. The van der Waals surface area contributed by atoms with E-state index in [9.17, 15) is 19.2 Å². The molecular weight excluding hydrogens is 398 g/mol. The van der Waals surface area contributed by atoms with E-state index in [0.717, 1.165) is 16.8 Å². The number of aromatic amines is 1. The van der Waals surface area contributed by atoms with E-state index < -0.39 is 17.0 Å². The van der Waals surface area contributed by atoms with Gasteiger partial charge in [0.05, 0.1) is 5.69 Å². The van der Waals surface area contributed by atoms with Gasteiger partial charge in [0.15, 0.2) is 5.82 Å². The fourth-order valence-electron chi connectivity index (χ4n) is 3.02. The number of hydrogen-bond acceptors (Lipinski definition) is 5. The lowest BCUT2D eigenvalue weighted by Crippen LogP contribution is -2.26. The minimum Gasteiger partial charge on any atom is -0.331 e. The van der Waals surface area contributed by atoms with Crippen LogP contribution in [0.15, 0.2) is 82.6 Å². The zero-order valence-electron chi connectivity index (χ0n) is 16.4. The molecule has 0 aliphatic rings. The summed E-state index contributed by atoms with van der Waals surface area (Å²) in [5.41, 5.74) is 0.729. The van der Waals surface area contributed by atoms with Gasteiger partial charge in [0.1, 0.15) is 0 Å². The molecule has 0 aliphatic heterocycles. The van der Waals surface area contributed by atoms with E-state index in [1.807, 2.05) is 0 Å². The Kier molecular flexibility index (Phi) is 5.15. The zero-order valence-corrected chi connectivity index (χ0v) is 16.4. The third kappa shape index (κ3) is 4.10. The first kappa shape index (κ1) is 19.8. The molecule has 0 bridgehead atoms. The van der Waals surface area contributed by atoms with Gasteiger partial charge in [0.25, 0.3) is 17.0 Å². The first-order valence-corrected chi connectivity index (χ1v) is 9.28. The van der Waals surface area contributed by atoms with E-state index in [0.29, 0.717) is 28.3 Å². The van der Waals surface area contributed by atoms with Gasteiger partial charge < -0.3 is 9.88 Å². The maximum atomic E-state index is 12.6. The molecule has 0 spiro atoms. The Hall–Kier alpha value is -4.53. The van der Waals surface area contributed by atoms with Crippen LogP contribution in [0.2, 0.25) is 0 Å². The fraction of sp³-hybridized carbons (Fsp3) is 0.0455. The summed E-state index contributed by atoms with van der Waals surface area (Å²) in [5.74, 6) is -0.306. The van der Waals surface area contributed by atoms with Crippen molar-refractivity contribution in [2.45, 2.75) is 0 Å². The van der Waals surface area contributed by atoms with Crippen LogP contribution in [0.25, 0.3) is 5.69 Å². The summed E-state index contributed by atoms with van der Waals surface area (Å²) in [6.45, 7) is 0. The molecule has 0 atom stereocenters. The van der Waals surface area contributed by atoms with Crippen LogP contribution >= 0.6 is 0 Å². The molecule has 2 N–H and O–H groups in total. The van der Waals surface area contributed by atoms with Gasteiger partial charge in [-0.05, 0) is 42.5 Å². The molecule has 0 radical (unpaired) electrons. The Balaban J connectivity index is 1.53. The SMILES string of the molecule is Cn1ccnc1C(=O)c1ccc(NC(=O)c2cccc(-n3[nH]c(=O)ccc3=O)c2)cc1. The predicted molar refractivity (Wildman–Crippen MR) is 114 cm³/mol. The van der Waals surface area contributed by atoms with E-state index in [1.54, 1.807) is 66.5 Å². The molecule has 154 valence electrons. The molecule has 0 unspecified atom stereocenters. The molecule has 31 heavy (non-hydrogen) atoms. The molecule has 2 heterocycles. The average molecular weight is 415 g/mol. The smallest absolute Gasteiger partial charge is 0.269 e. The zero-order chi connectivity index (χ0) is 22.0. The number of benzene rings is 2. The quantitative estimate of drug-likeness (QED) is 0.481. The van der Waals surface area contributed by atoms with Gasteiger partial charge in [-0.3, -0.25) is 24.3 Å². The van der Waals surface area contributed by atoms with Gasteiger partial charge in [-0.25, -0.2) is 9.67 Å². The van der Waals surface area contributed by atoms with Crippen molar-refractivity contribution in [2.75, 3.05) is 5.32 Å². The Morgan fingerprint density at radius 1 is 0.968 bits per heavy atom. The van der Waals surface area contributed by atoms with E-state index in [2.05, 4.69) is 15.4 Å². The number of aryl methyl sites for hydroxylation is 1. The van der Waals surface area contributed by atoms with Gasteiger partial charge in [-0.15, -0.1) is 0 Å². The lowest BCUT2D eigenvalue weighted by Gasteiger charge is -2.09. The molecule has 2 aromatic heterocycles. The highest BCUT2D eigenvalue weighted by atomic mass is 16.2. The second-order valence-electron chi connectivity index (χ2n) is 6.76. The largest absolute Gasteiger partial charge is 0.331 e. The Labute approximate surface area is 175 Å². The van der Waals surface area contributed by atoms with Crippen LogP contribution in [0.1, 0.15) is 26.5 Å². The minimum absolute atomic E-state index is 0.222. The summed E-state index contributed by atoms with van der Waals surface area (Å²) < 4.78 is 2.70. The molecule has 1 amide bonds. The number of nitrogens with zero attached hydrogens (tertiary/aromatic N) is 3. The Bertz CT molecular complexity index is 1400. The molecule has 2 aromatic carbocycles. The topological polar surface area (TPSA) is 119 Å². The van der Waals surface area contributed by atoms with Gasteiger partial charge in [-0.1, -0.05) is 6.07 Å². The molecule has 4 aromatic rings. The number of imidazole rings is 1. The van der Waals surface area contributed by atoms with Gasteiger partial charge >= 0.3 is 0 Å². The summed E-state index contributed by atoms with van der Waals surface area (Å²) in [5, 5.41) is 5.16. The van der Waals surface area contributed by atoms with Gasteiger partial charge in [0.2, 0.25) is 5.78 Å². The van der Waals surface area contributed by atoms with Crippen LogP contribution in [0.4, 0.5) is 5.69 Å². The third-order valence-corrected chi connectivity index (χ3v) is 4.62. The second kappa shape index (κ2) is 8.07. The fourth-order valence-corrected chi connectivity index (χ4v) is 3.02. The lowest BCUT2D eigenvalue weighted by atomic mass is 10.1. The van der Waals surface area contributed by atoms with Crippen molar-refractivity contribution in [1.29, 1.82) is 0 Å². The number of nitrogens with one attached hydrogen (secondary N) is 2. The molecule has 0 saturated heterocycles. The number of carbonyl (C=O) groups is 2. The number of H-pyrrole nitrogens is 1. The monoisotopic (exact) mass is 415 g/mol. The molecule has 9 nitrogen and oxygen atoms in total. The Morgan fingerprint density at radius 3 is 2.45 bits per heavy atom. The summed E-state index contributed by atoms with van der Waals surface area (Å²) in [4.78, 5) is 52.7. The van der Waals surface area contributed by atoms with Crippen LogP contribution in [-0.2, 0) is 7.05 Å². The molecule has 0 saturated carbocycles. The van der Waals surface area contributed by atoms with Crippen LogP contribution in [0, 0.1) is 0 Å². The first-order valence-electron chi connectivity index (χ1n) is 9.28. The van der Waals surface area contributed by atoms with E-state index in [4.69, 9.17) is 0 Å². The molecule has 9 heteroatoms. The number of rotatable bonds is 5. The normalized spacial score (nSPS) is 10.6. The Morgan fingerprint density at radius 2 is 1.74 bits per heavy atom. The average Bonchev–Trinajstić information content (AvgIpc) is 3.21. The maximum Gasteiger partial charge on any atom is 0.269 e. The predicted octanol–water partition coefficient (Wildman–Crippen LogP) is 1.74. The number of amides is 1. The molecule has 0 aliphatic carbocycles. The number of anilines is 1. The van der Waals surface area contributed by atoms with Gasteiger partial charge in [-0.2, -0.15) is 0 Å². The number of aromatic nitrogens is 4. The maximum absolute atomic E-state index is 12.6. The van der Waals surface area contributed by atoms with Crippen molar-refractivity contribution in [3.05, 3.63) is 111 Å². The van der Waals surface area contributed by atoms with E-state index in [1.165, 1.54) is 6.07 Å². The molecule has 0 fully saturated rings. The summed E-state index contributed by atoms with van der Waals surface area (Å²) in [6.07, 6.45) is 3.24. The van der Waals surface area contributed by atoms with Crippen molar-refractivity contribution in [3.63, 3.8) is 0 Å². The van der Waals surface area contributed by atoms with Gasteiger partial charge in [0, 0.05) is 48.4 Å². The highest BCUT2D eigenvalue weighted by Crippen LogP contribution is 2.15. The standard InChI is InChI=1S/C22H17N5O4/c1-26-12-11-23-21(26)20(30)14-5-7-16(8-6-14)24-22(31)15-3-2-4-17(13-15)27-19(29)10-9-18(28)25-27/h2-13H,1H3,(H,24,31)(H,25,28). The number of hydrogen-bond donors (Lipinski definition) is 2. The van der Waals surface area contributed by atoms with Crippen LogP contribution in [0.5, 0.6) is 0 Å². The van der Waals surface area contributed by atoms with E-state index in [-0.39, 0.29) is 5.78 Å². The van der Waals surface area contributed by atoms with Crippen molar-refractivity contribution >= 4 is 17.4 Å². The van der Waals surface area contributed by atoms with Crippen molar-refractivity contribution in [3.8, 4) is 5.69 Å². The second-order valence-corrected chi connectivity index (χ2v) is 6.76. The lowest BCUT2D eigenvalue weighted by molar-refractivity contribution is 0.102. The highest BCUT2D eigenvalue weighted by Gasteiger charge is 2.14. The first-order chi connectivity index (χ1) is 14.9. The summed E-state index contributed by atoms with van der Waals surface area (Å²) in [7, 11) is 1.74.